The molecular formula is C15H21N3O2. The molecule has 1 aliphatic rings. The lowest BCUT2D eigenvalue weighted by Crippen LogP contribution is -2.41. The third kappa shape index (κ3) is 2.38. The average Bonchev–Trinajstić information content (AvgIpc) is 3.08. The minimum absolute atomic E-state index is 0.413. The van der Waals surface area contributed by atoms with Crippen LogP contribution in [0.5, 0.6) is 0 Å². The molecule has 0 amide bonds. The standard InChI is InChI=1S/C15H21N3O2/c1-3-11-6-8-15(16,9-7-11)14-17-13(20-18-14)12-5-4-10(2)19-12/h4-5,11H,3,6-9,16H2,1-2H3. The zero-order valence-corrected chi connectivity index (χ0v) is 12.1. The van der Waals surface area contributed by atoms with E-state index in [1.54, 1.807) is 0 Å². The van der Waals surface area contributed by atoms with Gasteiger partial charge in [0.15, 0.2) is 11.6 Å². The number of furan rings is 1. The summed E-state index contributed by atoms with van der Waals surface area (Å²) in [6, 6.07) is 3.72. The molecule has 0 aliphatic heterocycles. The Morgan fingerprint density at radius 2 is 2.10 bits per heavy atom. The molecule has 1 aliphatic carbocycles. The maximum absolute atomic E-state index is 6.48. The largest absolute Gasteiger partial charge is 0.456 e. The molecule has 108 valence electrons. The molecule has 20 heavy (non-hydrogen) atoms. The van der Waals surface area contributed by atoms with Gasteiger partial charge in [0.05, 0.1) is 5.54 Å². The predicted octanol–water partition coefficient (Wildman–Crippen LogP) is 3.39. The van der Waals surface area contributed by atoms with E-state index in [0.29, 0.717) is 17.5 Å². The smallest absolute Gasteiger partial charge is 0.293 e. The van der Waals surface area contributed by atoms with Crippen LogP contribution in [0.25, 0.3) is 11.7 Å². The first-order chi connectivity index (χ1) is 9.60. The summed E-state index contributed by atoms with van der Waals surface area (Å²) in [5, 5.41) is 4.08. The van der Waals surface area contributed by atoms with Gasteiger partial charge in [-0.05, 0) is 50.7 Å². The van der Waals surface area contributed by atoms with Crippen molar-refractivity contribution in [1.29, 1.82) is 0 Å². The Balaban J connectivity index is 1.80. The summed E-state index contributed by atoms with van der Waals surface area (Å²) in [6.07, 6.45) is 5.33. The summed E-state index contributed by atoms with van der Waals surface area (Å²) >= 11 is 0. The van der Waals surface area contributed by atoms with Crippen molar-refractivity contribution in [3.05, 3.63) is 23.7 Å². The number of aryl methyl sites for hydroxylation is 1. The molecule has 3 rings (SSSR count). The van der Waals surface area contributed by atoms with Crippen LogP contribution in [0.1, 0.15) is 50.6 Å². The molecular weight excluding hydrogens is 254 g/mol. The lowest BCUT2D eigenvalue weighted by Gasteiger charge is -2.34. The SMILES string of the molecule is CCC1CCC(N)(c2noc(-c3ccc(C)o3)n2)CC1. The second kappa shape index (κ2) is 5.05. The van der Waals surface area contributed by atoms with Crippen molar-refractivity contribution in [2.24, 2.45) is 11.7 Å². The minimum Gasteiger partial charge on any atom is -0.456 e. The van der Waals surface area contributed by atoms with E-state index in [1.165, 1.54) is 6.42 Å². The lowest BCUT2D eigenvalue weighted by atomic mass is 9.76. The molecule has 2 aromatic heterocycles. The van der Waals surface area contributed by atoms with Crippen molar-refractivity contribution in [3.8, 4) is 11.7 Å². The first-order valence-electron chi connectivity index (χ1n) is 7.30. The Hall–Kier alpha value is -1.62. The zero-order chi connectivity index (χ0) is 14.2. The van der Waals surface area contributed by atoms with Crippen molar-refractivity contribution in [2.45, 2.75) is 51.5 Å². The van der Waals surface area contributed by atoms with Crippen LogP contribution in [0.15, 0.2) is 21.1 Å². The minimum atomic E-state index is -0.449. The van der Waals surface area contributed by atoms with Crippen molar-refractivity contribution in [3.63, 3.8) is 0 Å². The average molecular weight is 275 g/mol. The van der Waals surface area contributed by atoms with Gasteiger partial charge in [0.1, 0.15) is 5.76 Å². The van der Waals surface area contributed by atoms with E-state index < -0.39 is 5.54 Å². The van der Waals surface area contributed by atoms with Crippen molar-refractivity contribution >= 4 is 0 Å². The van der Waals surface area contributed by atoms with Gasteiger partial charge in [-0.1, -0.05) is 18.5 Å². The quantitative estimate of drug-likeness (QED) is 0.928. The van der Waals surface area contributed by atoms with Gasteiger partial charge in [-0.3, -0.25) is 0 Å². The molecule has 1 fully saturated rings. The highest BCUT2D eigenvalue weighted by Crippen LogP contribution is 2.38. The second-order valence-electron chi connectivity index (χ2n) is 5.84. The molecule has 2 aromatic rings. The Kier molecular flexibility index (Phi) is 3.38. The first kappa shape index (κ1) is 13.4. The Morgan fingerprint density at radius 3 is 2.70 bits per heavy atom. The Morgan fingerprint density at radius 1 is 1.35 bits per heavy atom. The fourth-order valence-corrected chi connectivity index (χ4v) is 2.90. The Labute approximate surface area is 118 Å². The molecule has 0 saturated heterocycles. The van der Waals surface area contributed by atoms with Gasteiger partial charge >= 0.3 is 0 Å². The van der Waals surface area contributed by atoms with E-state index in [4.69, 9.17) is 14.7 Å². The third-order valence-corrected chi connectivity index (χ3v) is 4.40. The molecule has 0 bridgehead atoms. The summed E-state index contributed by atoms with van der Waals surface area (Å²) < 4.78 is 10.8. The maximum Gasteiger partial charge on any atom is 0.293 e. The predicted molar refractivity (Wildman–Crippen MR) is 74.9 cm³/mol. The molecule has 0 unspecified atom stereocenters. The maximum atomic E-state index is 6.48. The molecule has 2 N–H and O–H groups in total. The monoisotopic (exact) mass is 275 g/mol. The van der Waals surface area contributed by atoms with Crippen LogP contribution in [-0.2, 0) is 5.54 Å². The van der Waals surface area contributed by atoms with Gasteiger partial charge in [0.2, 0.25) is 0 Å². The molecule has 2 heterocycles. The van der Waals surface area contributed by atoms with Gasteiger partial charge in [0, 0.05) is 0 Å². The molecule has 5 nitrogen and oxygen atoms in total. The van der Waals surface area contributed by atoms with Crippen LogP contribution >= 0.6 is 0 Å². The van der Waals surface area contributed by atoms with Gasteiger partial charge < -0.3 is 14.7 Å². The summed E-state index contributed by atoms with van der Waals surface area (Å²) in [7, 11) is 0. The highest BCUT2D eigenvalue weighted by atomic mass is 16.5. The molecule has 0 spiro atoms. The Bertz CT molecular complexity index is 579. The molecule has 0 radical (unpaired) electrons. The van der Waals surface area contributed by atoms with E-state index >= 15 is 0 Å². The fraction of sp³-hybridized carbons (Fsp3) is 0.600. The second-order valence-corrected chi connectivity index (χ2v) is 5.84. The number of nitrogens with two attached hydrogens (primary N) is 1. The number of hydrogen-bond donors (Lipinski definition) is 1. The van der Waals surface area contributed by atoms with Crippen LogP contribution < -0.4 is 5.73 Å². The highest BCUT2D eigenvalue weighted by molar-refractivity contribution is 5.44. The summed E-state index contributed by atoms with van der Waals surface area (Å²) in [5.74, 6) is 3.23. The van der Waals surface area contributed by atoms with Gasteiger partial charge in [0.25, 0.3) is 5.89 Å². The summed E-state index contributed by atoms with van der Waals surface area (Å²) in [4.78, 5) is 4.44. The normalized spacial score (nSPS) is 26.9. The topological polar surface area (TPSA) is 78.1 Å². The number of hydrogen-bond acceptors (Lipinski definition) is 5. The van der Waals surface area contributed by atoms with Gasteiger partial charge in [-0.2, -0.15) is 4.98 Å². The van der Waals surface area contributed by atoms with Crippen LogP contribution in [0, 0.1) is 12.8 Å². The van der Waals surface area contributed by atoms with E-state index in [9.17, 15) is 0 Å². The van der Waals surface area contributed by atoms with E-state index in [0.717, 1.165) is 37.4 Å². The zero-order valence-electron chi connectivity index (χ0n) is 12.1. The van der Waals surface area contributed by atoms with Gasteiger partial charge in [-0.25, -0.2) is 0 Å². The van der Waals surface area contributed by atoms with E-state index in [-0.39, 0.29) is 0 Å². The number of rotatable bonds is 3. The molecule has 5 heteroatoms. The van der Waals surface area contributed by atoms with Crippen molar-refractivity contribution < 1.29 is 8.94 Å². The fourth-order valence-electron chi connectivity index (χ4n) is 2.90. The van der Waals surface area contributed by atoms with Crippen LogP contribution in [0.3, 0.4) is 0 Å². The third-order valence-electron chi connectivity index (χ3n) is 4.40. The number of nitrogens with zero attached hydrogens (tertiary/aromatic N) is 2. The molecule has 0 atom stereocenters. The van der Waals surface area contributed by atoms with E-state index in [2.05, 4.69) is 17.1 Å². The number of aromatic nitrogens is 2. The molecule has 1 saturated carbocycles. The van der Waals surface area contributed by atoms with Crippen LogP contribution in [-0.4, -0.2) is 10.1 Å². The van der Waals surface area contributed by atoms with Crippen molar-refractivity contribution in [1.82, 2.24) is 10.1 Å². The lowest BCUT2D eigenvalue weighted by molar-refractivity contribution is 0.216. The summed E-state index contributed by atoms with van der Waals surface area (Å²) in [5.41, 5.74) is 6.03. The summed E-state index contributed by atoms with van der Waals surface area (Å²) in [6.45, 7) is 4.12. The first-order valence-corrected chi connectivity index (χ1v) is 7.30. The molecule has 0 aromatic carbocycles. The van der Waals surface area contributed by atoms with Crippen molar-refractivity contribution in [2.75, 3.05) is 0 Å². The van der Waals surface area contributed by atoms with Gasteiger partial charge in [-0.15, -0.1) is 0 Å². The van der Waals surface area contributed by atoms with Crippen LogP contribution in [0.4, 0.5) is 0 Å². The van der Waals surface area contributed by atoms with E-state index in [1.807, 2.05) is 19.1 Å². The highest BCUT2D eigenvalue weighted by Gasteiger charge is 2.37. The van der Waals surface area contributed by atoms with Crippen LogP contribution in [0.2, 0.25) is 0 Å².